The standard InChI is InChI=1S/C7H10N2.C2H6/c1-3-7(2)9-5-4-8-6-9;1-2/h3-6H,1-2H3;1-2H3/b7-3+;. The van der Waals surface area contributed by atoms with Crippen LogP contribution in [0.15, 0.2) is 24.8 Å². The third-order valence-electron chi connectivity index (χ3n) is 1.33. The zero-order valence-corrected chi connectivity index (χ0v) is 7.70. The van der Waals surface area contributed by atoms with Crippen molar-refractivity contribution in [2.24, 2.45) is 0 Å². The Hall–Kier alpha value is -1.05. The topological polar surface area (TPSA) is 17.8 Å². The molecule has 0 unspecified atom stereocenters. The number of hydrogen-bond acceptors (Lipinski definition) is 1. The van der Waals surface area contributed by atoms with Crippen LogP contribution in [0.25, 0.3) is 5.70 Å². The van der Waals surface area contributed by atoms with Gasteiger partial charge in [0.2, 0.25) is 0 Å². The summed E-state index contributed by atoms with van der Waals surface area (Å²) >= 11 is 0. The number of nitrogens with zero attached hydrogens (tertiary/aromatic N) is 2. The lowest BCUT2D eigenvalue weighted by atomic mass is 10.4. The van der Waals surface area contributed by atoms with Gasteiger partial charge in [0.1, 0.15) is 0 Å². The van der Waals surface area contributed by atoms with Crippen molar-refractivity contribution in [2.45, 2.75) is 27.7 Å². The molecule has 0 fully saturated rings. The molecule has 0 spiro atoms. The van der Waals surface area contributed by atoms with Crippen LogP contribution in [0.3, 0.4) is 0 Å². The summed E-state index contributed by atoms with van der Waals surface area (Å²) in [4.78, 5) is 3.91. The van der Waals surface area contributed by atoms with Crippen LogP contribution in [0, 0.1) is 0 Å². The minimum atomic E-state index is 1.20. The summed E-state index contributed by atoms with van der Waals surface area (Å²) in [6.07, 6.45) is 7.53. The summed E-state index contributed by atoms with van der Waals surface area (Å²) in [5.74, 6) is 0. The van der Waals surface area contributed by atoms with Crippen LogP contribution in [0.2, 0.25) is 0 Å². The van der Waals surface area contributed by atoms with Crippen molar-refractivity contribution < 1.29 is 0 Å². The Morgan fingerprint density at radius 3 is 2.45 bits per heavy atom. The number of allylic oxidation sites excluding steroid dienone is 2. The molecule has 0 aromatic carbocycles. The fraction of sp³-hybridized carbons (Fsp3) is 0.444. The van der Waals surface area contributed by atoms with E-state index in [2.05, 4.69) is 4.98 Å². The molecule has 1 rings (SSSR count). The SMILES string of the molecule is C/C=C(\C)n1ccnc1.CC. The highest BCUT2D eigenvalue weighted by atomic mass is 15.0. The average molecular weight is 152 g/mol. The first-order chi connectivity index (χ1) is 5.34. The first-order valence-electron chi connectivity index (χ1n) is 3.96. The Morgan fingerprint density at radius 2 is 2.09 bits per heavy atom. The predicted octanol–water partition coefficient (Wildman–Crippen LogP) is 2.79. The zero-order valence-electron chi connectivity index (χ0n) is 7.70. The zero-order chi connectivity index (χ0) is 8.69. The summed E-state index contributed by atoms with van der Waals surface area (Å²) in [5.41, 5.74) is 1.20. The van der Waals surface area contributed by atoms with Gasteiger partial charge in [0.25, 0.3) is 0 Å². The van der Waals surface area contributed by atoms with E-state index in [9.17, 15) is 0 Å². The van der Waals surface area contributed by atoms with Gasteiger partial charge in [-0.1, -0.05) is 19.9 Å². The van der Waals surface area contributed by atoms with Crippen LogP contribution in [0.5, 0.6) is 0 Å². The van der Waals surface area contributed by atoms with Gasteiger partial charge in [-0.15, -0.1) is 0 Å². The molecule has 62 valence electrons. The second kappa shape index (κ2) is 5.71. The lowest BCUT2D eigenvalue weighted by molar-refractivity contribution is 1.07. The molecule has 0 aliphatic rings. The molecule has 0 saturated heterocycles. The Balaban J connectivity index is 0.000000461. The molecule has 0 radical (unpaired) electrons. The van der Waals surface area contributed by atoms with Crippen molar-refractivity contribution in [1.82, 2.24) is 9.55 Å². The van der Waals surface area contributed by atoms with E-state index in [1.807, 2.05) is 44.5 Å². The van der Waals surface area contributed by atoms with Gasteiger partial charge in [-0.3, -0.25) is 0 Å². The molecule has 0 atom stereocenters. The maximum Gasteiger partial charge on any atom is 0.0988 e. The smallest absolute Gasteiger partial charge is 0.0988 e. The van der Waals surface area contributed by atoms with Crippen LogP contribution < -0.4 is 0 Å². The third kappa shape index (κ3) is 3.03. The van der Waals surface area contributed by atoms with E-state index in [-0.39, 0.29) is 0 Å². The predicted molar refractivity (Wildman–Crippen MR) is 49.2 cm³/mol. The molecule has 0 saturated carbocycles. The lowest BCUT2D eigenvalue weighted by Gasteiger charge is -1.96. The number of rotatable bonds is 1. The highest BCUT2D eigenvalue weighted by Gasteiger charge is 1.86. The molecule has 1 aromatic rings. The molecular weight excluding hydrogens is 136 g/mol. The maximum atomic E-state index is 3.91. The van der Waals surface area contributed by atoms with Gasteiger partial charge in [0.05, 0.1) is 6.33 Å². The molecule has 0 bridgehead atoms. The summed E-state index contributed by atoms with van der Waals surface area (Å²) in [7, 11) is 0. The van der Waals surface area contributed by atoms with Gasteiger partial charge >= 0.3 is 0 Å². The highest BCUT2D eigenvalue weighted by molar-refractivity contribution is 5.40. The van der Waals surface area contributed by atoms with Gasteiger partial charge < -0.3 is 4.57 Å². The van der Waals surface area contributed by atoms with Crippen molar-refractivity contribution in [3.63, 3.8) is 0 Å². The Bertz CT molecular complexity index is 197. The second-order valence-electron chi connectivity index (χ2n) is 1.90. The Morgan fingerprint density at radius 1 is 1.45 bits per heavy atom. The molecule has 2 heteroatoms. The number of imidazole rings is 1. The molecular formula is C9H16N2. The van der Waals surface area contributed by atoms with E-state index >= 15 is 0 Å². The Kier molecular flexibility index (Phi) is 5.17. The van der Waals surface area contributed by atoms with Crippen molar-refractivity contribution >= 4 is 5.70 Å². The van der Waals surface area contributed by atoms with Crippen LogP contribution in [0.1, 0.15) is 27.7 Å². The van der Waals surface area contributed by atoms with E-state index in [0.717, 1.165) is 0 Å². The quantitative estimate of drug-likeness (QED) is 0.605. The van der Waals surface area contributed by atoms with E-state index < -0.39 is 0 Å². The van der Waals surface area contributed by atoms with Crippen LogP contribution in [-0.4, -0.2) is 9.55 Å². The third-order valence-corrected chi connectivity index (χ3v) is 1.33. The van der Waals surface area contributed by atoms with Crippen molar-refractivity contribution in [1.29, 1.82) is 0 Å². The minimum absolute atomic E-state index is 1.20. The van der Waals surface area contributed by atoms with Crippen LogP contribution >= 0.6 is 0 Å². The summed E-state index contributed by atoms with van der Waals surface area (Å²) in [6.45, 7) is 8.05. The fourth-order valence-electron chi connectivity index (χ4n) is 0.617. The second-order valence-corrected chi connectivity index (χ2v) is 1.90. The van der Waals surface area contributed by atoms with Gasteiger partial charge in [-0.05, 0) is 13.8 Å². The molecule has 0 aliphatic carbocycles. The van der Waals surface area contributed by atoms with Gasteiger partial charge in [-0.25, -0.2) is 4.98 Å². The molecule has 0 amide bonds. The Labute approximate surface area is 68.6 Å². The average Bonchev–Trinajstić information content (AvgIpc) is 2.59. The summed E-state index contributed by atoms with van der Waals surface area (Å²) < 4.78 is 1.97. The van der Waals surface area contributed by atoms with E-state index in [0.29, 0.717) is 0 Å². The molecule has 2 nitrogen and oxygen atoms in total. The maximum absolute atomic E-state index is 3.91. The molecule has 1 aromatic heterocycles. The molecule has 11 heavy (non-hydrogen) atoms. The van der Waals surface area contributed by atoms with Gasteiger partial charge in [-0.2, -0.15) is 0 Å². The van der Waals surface area contributed by atoms with Gasteiger partial charge in [0.15, 0.2) is 0 Å². The molecule has 0 N–H and O–H groups in total. The van der Waals surface area contributed by atoms with Crippen molar-refractivity contribution in [3.8, 4) is 0 Å². The largest absolute Gasteiger partial charge is 0.311 e. The first kappa shape index (κ1) is 9.95. The fourth-order valence-corrected chi connectivity index (χ4v) is 0.617. The molecule has 1 heterocycles. The summed E-state index contributed by atoms with van der Waals surface area (Å²) in [5, 5.41) is 0. The van der Waals surface area contributed by atoms with Crippen molar-refractivity contribution in [2.75, 3.05) is 0 Å². The van der Waals surface area contributed by atoms with E-state index in [4.69, 9.17) is 0 Å². The van der Waals surface area contributed by atoms with Gasteiger partial charge in [0, 0.05) is 18.1 Å². The summed E-state index contributed by atoms with van der Waals surface area (Å²) in [6, 6.07) is 0. The van der Waals surface area contributed by atoms with E-state index in [1.165, 1.54) is 5.70 Å². The number of hydrogen-bond donors (Lipinski definition) is 0. The monoisotopic (exact) mass is 152 g/mol. The first-order valence-corrected chi connectivity index (χ1v) is 3.96. The van der Waals surface area contributed by atoms with E-state index in [1.54, 1.807) is 12.5 Å². The van der Waals surface area contributed by atoms with Crippen LogP contribution in [-0.2, 0) is 0 Å². The normalized spacial score (nSPS) is 10.4. The molecule has 0 aliphatic heterocycles. The van der Waals surface area contributed by atoms with Crippen LogP contribution in [0.4, 0.5) is 0 Å². The highest BCUT2D eigenvalue weighted by Crippen LogP contribution is 1.99. The van der Waals surface area contributed by atoms with Crippen molar-refractivity contribution in [3.05, 3.63) is 24.8 Å². The number of aromatic nitrogens is 2. The lowest BCUT2D eigenvalue weighted by Crippen LogP contribution is -1.86. The minimum Gasteiger partial charge on any atom is -0.311 e.